The second kappa shape index (κ2) is 18.5. The Morgan fingerprint density at radius 1 is 0.527 bits per heavy atom. The molecule has 55 heavy (non-hydrogen) atoms. The molecule has 1 heterocycles. The van der Waals surface area contributed by atoms with E-state index in [0.29, 0.717) is 17.4 Å². The van der Waals surface area contributed by atoms with E-state index >= 15 is 0 Å². The van der Waals surface area contributed by atoms with E-state index in [4.69, 9.17) is 5.32 Å². The van der Waals surface area contributed by atoms with E-state index in [1.165, 1.54) is 24.0 Å². The van der Waals surface area contributed by atoms with E-state index in [1.54, 1.807) is 0 Å². The summed E-state index contributed by atoms with van der Waals surface area (Å²) in [6, 6.07) is 28.8. The quantitative estimate of drug-likeness (QED) is 0.198. The largest absolute Gasteiger partial charge is 3.00 e. The van der Waals surface area contributed by atoms with Crippen LogP contribution >= 0.6 is 0 Å². The van der Waals surface area contributed by atoms with Crippen molar-refractivity contribution in [1.29, 1.82) is 0 Å². The van der Waals surface area contributed by atoms with E-state index in [0.717, 1.165) is 52.6 Å². The molecule has 4 unspecified atom stereocenters. The van der Waals surface area contributed by atoms with Crippen molar-refractivity contribution in [3.8, 4) is 11.5 Å². The Kier molecular flexibility index (Phi) is 15.7. The molecule has 1 aliphatic heterocycles. The molecule has 2 fully saturated rings. The third-order valence-corrected chi connectivity index (χ3v) is 11.2. The molecule has 1 radical (unpaired) electrons. The van der Waals surface area contributed by atoms with E-state index in [9.17, 15) is 10.2 Å². The number of aromatic hydroxyl groups is 2. The molecular formula is C51H70NO2Zr. The molecule has 0 bridgehead atoms. The van der Waals surface area contributed by atoms with Crippen LogP contribution in [0.25, 0.3) is 5.32 Å². The molecule has 4 heteroatoms. The Balaban J connectivity index is 0.000000450. The summed E-state index contributed by atoms with van der Waals surface area (Å²) in [7, 11) is 0. The van der Waals surface area contributed by atoms with E-state index in [-0.39, 0.29) is 65.9 Å². The predicted octanol–water partition coefficient (Wildman–Crippen LogP) is 14.2. The van der Waals surface area contributed by atoms with E-state index in [1.807, 2.05) is 60.7 Å². The smallest absolute Gasteiger partial charge is 0.652 e. The van der Waals surface area contributed by atoms with Crippen LogP contribution in [0.15, 0.2) is 84.9 Å². The van der Waals surface area contributed by atoms with Crippen LogP contribution in [-0.4, -0.2) is 16.3 Å². The third-order valence-electron chi connectivity index (χ3n) is 11.2. The fraction of sp³-hybridized carbons (Fsp3) is 0.490. The zero-order valence-electron chi connectivity index (χ0n) is 36.2. The fourth-order valence-electron chi connectivity index (χ4n) is 7.86. The van der Waals surface area contributed by atoms with Crippen LogP contribution in [0.3, 0.4) is 0 Å². The second-order valence-electron chi connectivity index (χ2n) is 19.9. The molecule has 0 aromatic heterocycles. The van der Waals surface area contributed by atoms with Gasteiger partial charge in [0.25, 0.3) is 0 Å². The maximum atomic E-state index is 11.8. The number of fused-ring (bicyclic) bond motifs is 1. The van der Waals surface area contributed by atoms with Crippen LogP contribution < -0.4 is 0 Å². The van der Waals surface area contributed by atoms with Gasteiger partial charge >= 0.3 is 26.2 Å². The molecule has 295 valence electrons. The summed E-state index contributed by atoms with van der Waals surface area (Å²) < 4.78 is 0. The number of rotatable bonds is 2. The number of benzene rings is 4. The van der Waals surface area contributed by atoms with Crippen molar-refractivity contribution < 1.29 is 36.4 Å². The Morgan fingerprint density at radius 2 is 0.945 bits per heavy atom. The summed E-state index contributed by atoms with van der Waals surface area (Å²) >= 11 is 0. The van der Waals surface area contributed by atoms with Gasteiger partial charge in [0.05, 0.1) is 0 Å². The van der Waals surface area contributed by atoms with Crippen LogP contribution in [-0.2, 0) is 47.9 Å². The van der Waals surface area contributed by atoms with Gasteiger partial charge in [0.15, 0.2) is 0 Å². The Bertz CT molecular complexity index is 1770. The van der Waals surface area contributed by atoms with Gasteiger partial charge in [-0.25, -0.2) is 0 Å². The fourth-order valence-corrected chi connectivity index (χ4v) is 7.86. The summed E-state index contributed by atoms with van der Waals surface area (Å²) in [5.74, 6) is 1.62. The zero-order valence-corrected chi connectivity index (χ0v) is 38.6. The third kappa shape index (κ3) is 12.3. The first-order chi connectivity index (χ1) is 25.0. The van der Waals surface area contributed by atoms with Crippen LogP contribution in [0.1, 0.15) is 172 Å². The summed E-state index contributed by atoms with van der Waals surface area (Å²) in [6.45, 7) is 34.1. The minimum absolute atomic E-state index is 0. The summed E-state index contributed by atoms with van der Waals surface area (Å²) in [5.41, 5.74) is 8.47. The van der Waals surface area contributed by atoms with Gasteiger partial charge in [-0.05, 0) is 67.4 Å². The molecule has 1 saturated carbocycles. The standard InChI is InChI=1S/C37H56NO2.2C7H7.Zr/c1-34(2,3)23-18-26(32(39)28(20-23)36(7,8)9)25-15-13-14-22-16-17-30(38-31(22)25)27-19-24(35(4,5)6)21-29(33(27)40)37(10,11)12;2*1-7-5-3-2-4-6-7;/h18-22,25,30-31,39-40H,13-17H2,1-12H3;2*2-6H,1H2;/q3*-1;+3. The molecular weight excluding hydrogens is 750 g/mol. The first kappa shape index (κ1) is 46.4. The Labute approximate surface area is 355 Å². The van der Waals surface area contributed by atoms with Gasteiger partial charge in [0, 0.05) is 0 Å². The maximum absolute atomic E-state index is 11.8. The number of phenols is 2. The molecule has 0 spiro atoms. The number of nitrogens with zero attached hydrogens (tertiary/aromatic N) is 1. The molecule has 1 aliphatic carbocycles. The van der Waals surface area contributed by atoms with Gasteiger partial charge in [0.2, 0.25) is 0 Å². The first-order valence-electron chi connectivity index (χ1n) is 20.2. The summed E-state index contributed by atoms with van der Waals surface area (Å²) in [5, 5.41) is 29.0. The molecule has 6 rings (SSSR count). The molecule has 4 atom stereocenters. The molecule has 2 aliphatic rings. The topological polar surface area (TPSA) is 54.6 Å². The van der Waals surface area contributed by atoms with Gasteiger partial charge in [-0.3, -0.25) is 0 Å². The van der Waals surface area contributed by atoms with Crippen molar-refractivity contribution in [3.05, 3.63) is 149 Å². The number of phenolic OH excluding ortho intramolecular Hbond substituents is 2. The molecule has 0 amide bonds. The van der Waals surface area contributed by atoms with Crippen LogP contribution in [0.5, 0.6) is 11.5 Å². The van der Waals surface area contributed by atoms with Crippen LogP contribution in [0.4, 0.5) is 0 Å². The molecule has 3 nitrogen and oxygen atoms in total. The number of hydrogen-bond donors (Lipinski definition) is 2. The molecule has 4 aromatic rings. The molecule has 4 aromatic carbocycles. The van der Waals surface area contributed by atoms with E-state index < -0.39 is 0 Å². The first-order valence-corrected chi connectivity index (χ1v) is 20.2. The average molecular weight is 820 g/mol. The minimum atomic E-state index is -0.160. The Morgan fingerprint density at radius 3 is 1.33 bits per heavy atom. The van der Waals surface area contributed by atoms with Gasteiger partial charge in [-0.15, -0.1) is 36.3 Å². The average Bonchev–Trinajstić information content (AvgIpc) is 3.07. The minimum Gasteiger partial charge on any atom is -0.652 e. The summed E-state index contributed by atoms with van der Waals surface area (Å²) in [4.78, 5) is 0. The SMILES string of the molecule is CC(C)(C)c1cc(C2CCC3CCCC(c4cc(C(C)(C)C)cc(C(C)(C)C)c4O)C3[N-]2)c(O)c(C(C)(C)C)c1.[CH2-]c1ccccc1.[CH2-]c1ccccc1.[Zr+3]. The van der Waals surface area contributed by atoms with Gasteiger partial charge in [-0.2, -0.15) is 49.2 Å². The zero-order chi connectivity index (χ0) is 40.2. The van der Waals surface area contributed by atoms with Crippen molar-refractivity contribution in [2.45, 2.75) is 155 Å². The number of hydrogen-bond acceptors (Lipinski definition) is 2. The predicted molar refractivity (Wildman–Crippen MR) is 232 cm³/mol. The van der Waals surface area contributed by atoms with Gasteiger partial charge < -0.3 is 15.5 Å². The summed E-state index contributed by atoms with van der Waals surface area (Å²) in [6.07, 6.45) is 5.51. The van der Waals surface area contributed by atoms with Gasteiger partial charge in [-0.1, -0.05) is 151 Å². The Hall–Kier alpha value is -2.94. The molecule has 1 saturated heterocycles. The van der Waals surface area contributed by atoms with Crippen LogP contribution in [0, 0.1) is 19.8 Å². The van der Waals surface area contributed by atoms with Crippen molar-refractivity contribution in [1.82, 2.24) is 0 Å². The van der Waals surface area contributed by atoms with Crippen molar-refractivity contribution in [3.63, 3.8) is 0 Å². The van der Waals surface area contributed by atoms with Crippen molar-refractivity contribution >= 4 is 0 Å². The normalized spacial score (nSPS) is 20.1. The van der Waals surface area contributed by atoms with E-state index in [2.05, 4.69) is 121 Å². The molecule has 2 N–H and O–H groups in total. The van der Waals surface area contributed by atoms with Crippen molar-refractivity contribution in [2.24, 2.45) is 5.92 Å². The second-order valence-corrected chi connectivity index (χ2v) is 19.9. The monoisotopic (exact) mass is 818 g/mol. The maximum Gasteiger partial charge on any atom is 3.00 e. The van der Waals surface area contributed by atoms with Crippen LogP contribution in [0.2, 0.25) is 0 Å². The van der Waals surface area contributed by atoms with Gasteiger partial charge in [0.1, 0.15) is 11.5 Å². The van der Waals surface area contributed by atoms with Crippen molar-refractivity contribution in [2.75, 3.05) is 0 Å². The number of piperidine rings is 1.